The molecule has 0 rings (SSSR count). The van der Waals surface area contributed by atoms with Crippen molar-refractivity contribution in [1.29, 1.82) is 0 Å². The minimum Gasteiger partial charge on any atom is -0.462 e. The quantitative estimate of drug-likeness (QED) is 0.0261. The van der Waals surface area contributed by atoms with Crippen LogP contribution >= 0.6 is 0 Å². The summed E-state index contributed by atoms with van der Waals surface area (Å²) < 4.78 is 16.8. The van der Waals surface area contributed by atoms with E-state index in [4.69, 9.17) is 14.2 Å². The minimum atomic E-state index is -0.805. The van der Waals surface area contributed by atoms with Crippen LogP contribution in [0.3, 0.4) is 0 Å². The normalized spacial score (nSPS) is 13.1. The summed E-state index contributed by atoms with van der Waals surface area (Å²) in [7, 11) is 0. The summed E-state index contributed by atoms with van der Waals surface area (Å²) in [5.41, 5.74) is 0. The molecule has 1 unspecified atom stereocenters. The van der Waals surface area contributed by atoms with Crippen LogP contribution < -0.4 is 0 Å². The summed E-state index contributed by atoms with van der Waals surface area (Å²) in [5, 5.41) is 0. The zero-order chi connectivity index (χ0) is 53.6. The van der Waals surface area contributed by atoms with Crippen LogP contribution in [0.25, 0.3) is 0 Å². The van der Waals surface area contributed by atoms with Gasteiger partial charge in [-0.25, -0.2) is 0 Å². The highest BCUT2D eigenvalue weighted by atomic mass is 16.6. The predicted molar refractivity (Wildman–Crippen MR) is 320 cm³/mol. The molecule has 0 aromatic carbocycles. The number of carbonyl (C=O) groups is 3. The van der Waals surface area contributed by atoms with E-state index in [0.717, 1.165) is 128 Å². The molecular formula is C68H110O6. The Kier molecular flexibility index (Phi) is 57.4. The molecule has 0 spiro atoms. The molecule has 1 atom stereocenters. The van der Waals surface area contributed by atoms with Crippen LogP contribution in [-0.4, -0.2) is 37.2 Å². The Morgan fingerprint density at radius 1 is 0.284 bits per heavy atom. The van der Waals surface area contributed by atoms with Crippen LogP contribution in [0.2, 0.25) is 0 Å². The third-order valence-corrected chi connectivity index (χ3v) is 12.4. The van der Waals surface area contributed by atoms with E-state index < -0.39 is 6.10 Å². The van der Waals surface area contributed by atoms with E-state index in [1.807, 2.05) is 0 Å². The van der Waals surface area contributed by atoms with Crippen molar-refractivity contribution >= 4 is 17.9 Å². The molecular weight excluding hydrogens is 913 g/mol. The number of allylic oxidation sites excluding steroid dienone is 22. The minimum absolute atomic E-state index is 0.0979. The van der Waals surface area contributed by atoms with Gasteiger partial charge < -0.3 is 14.2 Å². The lowest BCUT2D eigenvalue weighted by molar-refractivity contribution is -0.167. The maximum atomic E-state index is 12.9. The number of hydrogen-bond acceptors (Lipinski definition) is 6. The van der Waals surface area contributed by atoms with Gasteiger partial charge in [-0.1, -0.05) is 257 Å². The lowest BCUT2D eigenvalue weighted by Gasteiger charge is -2.18. The van der Waals surface area contributed by atoms with Gasteiger partial charge in [0.05, 0.1) is 0 Å². The number of carbonyl (C=O) groups excluding carboxylic acids is 3. The Morgan fingerprint density at radius 2 is 0.527 bits per heavy atom. The van der Waals surface area contributed by atoms with Crippen molar-refractivity contribution in [1.82, 2.24) is 0 Å². The molecule has 0 aromatic rings. The monoisotopic (exact) mass is 1020 g/mol. The van der Waals surface area contributed by atoms with E-state index in [-0.39, 0.29) is 31.1 Å². The number of rotatable bonds is 53. The SMILES string of the molecule is CC/C=C\C/C=C\C/C=C\C/C=C\C/C=C\C/C=C\C/C=C\C/C=C\CCCCC(=O)OCC(COC(=O)CCCCCCCCCCCCCC)OC(=O)CCCCCCCCC/C=C\C/C=C\C/C=C\CC. The van der Waals surface area contributed by atoms with E-state index in [1.54, 1.807) is 0 Å². The van der Waals surface area contributed by atoms with Crippen molar-refractivity contribution in [3.8, 4) is 0 Å². The number of unbranched alkanes of at least 4 members (excludes halogenated alkanes) is 20. The lowest BCUT2D eigenvalue weighted by Crippen LogP contribution is -2.30. The van der Waals surface area contributed by atoms with Gasteiger partial charge in [0.15, 0.2) is 6.10 Å². The molecule has 0 aromatic heterocycles. The second-order valence-corrected chi connectivity index (χ2v) is 19.5. The molecule has 0 saturated carbocycles. The highest BCUT2D eigenvalue weighted by molar-refractivity contribution is 5.71. The highest BCUT2D eigenvalue weighted by Gasteiger charge is 2.19. The molecule has 0 fully saturated rings. The number of esters is 3. The molecule has 0 aliphatic rings. The van der Waals surface area contributed by atoms with Gasteiger partial charge in [-0.2, -0.15) is 0 Å². The summed E-state index contributed by atoms with van der Waals surface area (Å²) >= 11 is 0. The van der Waals surface area contributed by atoms with Crippen molar-refractivity contribution in [2.24, 2.45) is 0 Å². The van der Waals surface area contributed by atoms with Crippen LogP contribution in [0, 0.1) is 0 Å². The molecule has 0 radical (unpaired) electrons. The lowest BCUT2D eigenvalue weighted by atomic mass is 10.0. The molecule has 418 valence electrons. The molecule has 0 aliphatic heterocycles. The highest BCUT2D eigenvalue weighted by Crippen LogP contribution is 2.15. The summed E-state index contributed by atoms with van der Waals surface area (Å²) in [4.78, 5) is 38.2. The summed E-state index contributed by atoms with van der Waals surface area (Å²) in [6.07, 6.45) is 85.9. The zero-order valence-corrected chi connectivity index (χ0v) is 47.8. The van der Waals surface area contributed by atoms with Gasteiger partial charge >= 0.3 is 17.9 Å². The van der Waals surface area contributed by atoms with Gasteiger partial charge in [0, 0.05) is 19.3 Å². The second-order valence-electron chi connectivity index (χ2n) is 19.5. The van der Waals surface area contributed by atoms with Crippen LogP contribution in [0.15, 0.2) is 134 Å². The molecule has 6 nitrogen and oxygen atoms in total. The van der Waals surface area contributed by atoms with Crippen LogP contribution in [-0.2, 0) is 28.6 Å². The van der Waals surface area contributed by atoms with E-state index in [0.29, 0.717) is 25.7 Å². The Labute approximate surface area is 455 Å². The van der Waals surface area contributed by atoms with Gasteiger partial charge in [-0.3, -0.25) is 14.4 Å². The molecule has 6 heteroatoms. The fourth-order valence-corrected chi connectivity index (χ4v) is 7.94. The van der Waals surface area contributed by atoms with Crippen molar-refractivity contribution in [3.05, 3.63) is 134 Å². The maximum Gasteiger partial charge on any atom is 0.306 e. The Morgan fingerprint density at radius 3 is 0.851 bits per heavy atom. The van der Waals surface area contributed by atoms with E-state index in [1.165, 1.54) is 83.5 Å². The van der Waals surface area contributed by atoms with Crippen molar-refractivity contribution in [2.75, 3.05) is 13.2 Å². The second kappa shape index (κ2) is 61.1. The van der Waals surface area contributed by atoms with Gasteiger partial charge in [-0.05, 0) is 116 Å². The van der Waals surface area contributed by atoms with Gasteiger partial charge in [0.25, 0.3) is 0 Å². The Hall–Kier alpha value is -4.45. The molecule has 74 heavy (non-hydrogen) atoms. The third-order valence-electron chi connectivity index (χ3n) is 12.4. The smallest absolute Gasteiger partial charge is 0.306 e. The third kappa shape index (κ3) is 58.4. The van der Waals surface area contributed by atoms with Gasteiger partial charge in [0.1, 0.15) is 13.2 Å². The zero-order valence-electron chi connectivity index (χ0n) is 47.8. The first-order valence-electron chi connectivity index (χ1n) is 30.2. The molecule has 0 saturated heterocycles. The topological polar surface area (TPSA) is 78.9 Å². The molecule has 0 heterocycles. The summed E-state index contributed by atoms with van der Waals surface area (Å²) in [6, 6.07) is 0. The van der Waals surface area contributed by atoms with E-state index in [9.17, 15) is 14.4 Å². The summed E-state index contributed by atoms with van der Waals surface area (Å²) in [5.74, 6) is -0.955. The van der Waals surface area contributed by atoms with Crippen molar-refractivity contribution in [3.63, 3.8) is 0 Å². The maximum absolute atomic E-state index is 12.9. The number of ether oxygens (including phenoxy) is 3. The van der Waals surface area contributed by atoms with Crippen LogP contribution in [0.4, 0.5) is 0 Å². The fraction of sp³-hybridized carbons (Fsp3) is 0.632. The van der Waals surface area contributed by atoms with Crippen LogP contribution in [0.1, 0.15) is 258 Å². The predicted octanol–water partition coefficient (Wildman–Crippen LogP) is 20.6. The molecule has 0 N–H and O–H groups in total. The van der Waals surface area contributed by atoms with E-state index in [2.05, 4.69) is 154 Å². The Balaban J connectivity index is 4.43. The van der Waals surface area contributed by atoms with Crippen molar-refractivity contribution < 1.29 is 28.6 Å². The van der Waals surface area contributed by atoms with Gasteiger partial charge in [-0.15, -0.1) is 0 Å². The van der Waals surface area contributed by atoms with Gasteiger partial charge in [0.2, 0.25) is 0 Å². The van der Waals surface area contributed by atoms with E-state index >= 15 is 0 Å². The largest absolute Gasteiger partial charge is 0.462 e. The average Bonchev–Trinajstić information content (AvgIpc) is 3.40. The molecule has 0 amide bonds. The summed E-state index contributed by atoms with van der Waals surface area (Å²) in [6.45, 7) is 6.37. The van der Waals surface area contributed by atoms with Crippen LogP contribution in [0.5, 0.6) is 0 Å². The first-order chi connectivity index (χ1) is 36.5. The van der Waals surface area contributed by atoms with Crippen molar-refractivity contribution in [2.45, 2.75) is 264 Å². The first kappa shape index (κ1) is 69.5. The fourth-order valence-electron chi connectivity index (χ4n) is 7.94. The molecule has 0 aliphatic carbocycles. The Bertz CT molecular complexity index is 1600. The standard InChI is InChI=1S/C68H110O6/c1-4-7-10-13-16-19-22-25-27-29-30-31-32-33-34-35-36-37-38-40-41-43-46-49-52-55-58-61-67(70)73-64-65(63-72-66(69)60-57-54-51-48-45-24-21-18-15-12-9-6-3)74-68(71)62-59-56-53-50-47-44-42-39-28-26-23-20-17-14-11-8-5-2/h7-8,10-11,16-17,19-20,25-28,30-31,33-34,36-37,40-41,46,49,65H,4-6,9,12-15,18,21-24,29,32,35,38-39,42-45,47-48,50-64H2,1-3H3/b10-7-,11-8-,19-16-,20-17-,27-25-,28-26-,31-30-,34-33-,37-36-,41-40-,49-46-. The number of hydrogen-bond donors (Lipinski definition) is 0. The first-order valence-corrected chi connectivity index (χ1v) is 30.2. The molecule has 0 bridgehead atoms. The average molecular weight is 1020 g/mol.